The SMILES string of the molecule is CS(=O)(=O)c1cccc(NC(=O)COC(=O)c2cc(F)cc(F)c2)c1. The number of anilines is 1. The Bertz CT molecular complexity index is 908. The van der Waals surface area contributed by atoms with Gasteiger partial charge in [-0.05, 0) is 30.3 Å². The zero-order valence-electron chi connectivity index (χ0n) is 13.0. The van der Waals surface area contributed by atoms with Gasteiger partial charge in [-0.25, -0.2) is 22.0 Å². The summed E-state index contributed by atoms with van der Waals surface area (Å²) in [6, 6.07) is 7.65. The predicted molar refractivity (Wildman–Crippen MR) is 84.8 cm³/mol. The largest absolute Gasteiger partial charge is 0.452 e. The Morgan fingerprint density at radius 2 is 1.72 bits per heavy atom. The number of hydrogen-bond donors (Lipinski definition) is 1. The van der Waals surface area contributed by atoms with E-state index in [4.69, 9.17) is 0 Å². The molecule has 0 aliphatic carbocycles. The highest BCUT2D eigenvalue weighted by Crippen LogP contribution is 2.15. The van der Waals surface area contributed by atoms with Crippen LogP contribution in [0.1, 0.15) is 10.4 Å². The second-order valence-corrected chi connectivity index (χ2v) is 7.10. The number of sulfone groups is 1. The molecule has 2 aromatic rings. The van der Waals surface area contributed by atoms with E-state index in [1.165, 1.54) is 24.3 Å². The Kier molecular flexibility index (Phi) is 5.48. The lowest BCUT2D eigenvalue weighted by molar-refractivity contribution is -0.119. The molecule has 0 bridgehead atoms. The van der Waals surface area contributed by atoms with Crippen LogP contribution in [0.4, 0.5) is 14.5 Å². The van der Waals surface area contributed by atoms with E-state index in [2.05, 4.69) is 10.1 Å². The van der Waals surface area contributed by atoms with Crippen LogP contribution < -0.4 is 5.32 Å². The monoisotopic (exact) mass is 369 g/mol. The smallest absolute Gasteiger partial charge is 0.338 e. The van der Waals surface area contributed by atoms with E-state index in [1.807, 2.05) is 0 Å². The number of halogens is 2. The minimum atomic E-state index is -3.44. The maximum Gasteiger partial charge on any atom is 0.338 e. The molecule has 1 amide bonds. The van der Waals surface area contributed by atoms with E-state index in [-0.39, 0.29) is 16.1 Å². The molecule has 0 spiro atoms. The van der Waals surface area contributed by atoms with Gasteiger partial charge >= 0.3 is 5.97 Å². The molecule has 0 saturated heterocycles. The molecule has 2 rings (SSSR count). The maximum atomic E-state index is 13.0. The van der Waals surface area contributed by atoms with Gasteiger partial charge < -0.3 is 10.1 Å². The Balaban J connectivity index is 1.98. The summed E-state index contributed by atoms with van der Waals surface area (Å²) >= 11 is 0. The summed E-state index contributed by atoms with van der Waals surface area (Å²) in [7, 11) is -3.44. The number of carbonyl (C=O) groups excluding carboxylic acids is 2. The average molecular weight is 369 g/mol. The minimum Gasteiger partial charge on any atom is -0.452 e. The van der Waals surface area contributed by atoms with Gasteiger partial charge in [0.15, 0.2) is 16.4 Å². The fraction of sp³-hybridized carbons (Fsp3) is 0.125. The Hall–Kier alpha value is -2.81. The van der Waals surface area contributed by atoms with Gasteiger partial charge in [0, 0.05) is 18.0 Å². The van der Waals surface area contributed by atoms with Crippen LogP contribution in [-0.2, 0) is 19.4 Å². The normalized spacial score (nSPS) is 11.0. The topological polar surface area (TPSA) is 89.5 Å². The lowest BCUT2D eigenvalue weighted by Gasteiger charge is -2.08. The highest BCUT2D eigenvalue weighted by Gasteiger charge is 2.14. The van der Waals surface area contributed by atoms with Crippen molar-refractivity contribution < 1.29 is 31.5 Å². The van der Waals surface area contributed by atoms with Crippen LogP contribution in [0.15, 0.2) is 47.4 Å². The number of esters is 1. The van der Waals surface area contributed by atoms with Crippen LogP contribution in [0.25, 0.3) is 0 Å². The molecular formula is C16H13F2NO5S. The molecule has 0 fully saturated rings. The summed E-state index contributed by atoms with van der Waals surface area (Å²) in [6.07, 6.45) is 1.02. The zero-order chi connectivity index (χ0) is 18.6. The van der Waals surface area contributed by atoms with E-state index < -0.39 is 40.0 Å². The third-order valence-corrected chi connectivity index (χ3v) is 4.09. The first-order valence-electron chi connectivity index (χ1n) is 6.88. The van der Waals surface area contributed by atoms with Gasteiger partial charge in [-0.1, -0.05) is 6.07 Å². The highest BCUT2D eigenvalue weighted by atomic mass is 32.2. The highest BCUT2D eigenvalue weighted by molar-refractivity contribution is 7.90. The lowest BCUT2D eigenvalue weighted by Crippen LogP contribution is -2.21. The molecule has 0 aromatic heterocycles. The molecule has 2 aromatic carbocycles. The number of nitrogens with one attached hydrogen (secondary N) is 1. The van der Waals surface area contributed by atoms with Crippen LogP contribution in [0, 0.1) is 11.6 Å². The first kappa shape index (κ1) is 18.5. The summed E-state index contributed by atoms with van der Waals surface area (Å²) in [4.78, 5) is 23.4. The third-order valence-electron chi connectivity index (χ3n) is 2.98. The molecule has 9 heteroatoms. The number of rotatable bonds is 5. The second kappa shape index (κ2) is 7.39. The first-order valence-corrected chi connectivity index (χ1v) is 8.77. The van der Waals surface area contributed by atoms with Crippen LogP contribution in [0.5, 0.6) is 0 Å². The quantitative estimate of drug-likeness (QED) is 0.816. The summed E-state index contributed by atoms with van der Waals surface area (Å²) in [5, 5.41) is 2.36. The molecule has 0 atom stereocenters. The summed E-state index contributed by atoms with van der Waals surface area (Å²) < 4.78 is 53.6. The molecule has 0 radical (unpaired) electrons. The van der Waals surface area contributed by atoms with Crippen molar-refractivity contribution in [2.75, 3.05) is 18.2 Å². The molecule has 6 nitrogen and oxygen atoms in total. The van der Waals surface area contributed by atoms with Crippen LogP contribution in [-0.4, -0.2) is 33.2 Å². The molecule has 0 unspecified atom stereocenters. The van der Waals surface area contributed by atoms with Crippen LogP contribution in [0.3, 0.4) is 0 Å². The average Bonchev–Trinajstić information content (AvgIpc) is 2.51. The molecular weight excluding hydrogens is 356 g/mol. The van der Waals surface area contributed by atoms with Gasteiger partial charge in [-0.15, -0.1) is 0 Å². The van der Waals surface area contributed by atoms with E-state index in [0.717, 1.165) is 18.4 Å². The van der Waals surface area contributed by atoms with Gasteiger partial charge in [0.05, 0.1) is 10.5 Å². The Labute approximate surface area is 142 Å². The summed E-state index contributed by atoms with van der Waals surface area (Å²) in [6.45, 7) is -0.708. The van der Waals surface area contributed by atoms with Gasteiger partial charge in [-0.2, -0.15) is 0 Å². The number of ether oxygens (including phenoxy) is 1. The van der Waals surface area contributed by atoms with Crippen molar-refractivity contribution in [2.24, 2.45) is 0 Å². The van der Waals surface area contributed by atoms with Gasteiger partial charge in [0.2, 0.25) is 0 Å². The molecule has 0 aliphatic rings. The number of amides is 1. The lowest BCUT2D eigenvalue weighted by atomic mass is 10.2. The van der Waals surface area contributed by atoms with Crippen molar-refractivity contribution >= 4 is 27.4 Å². The maximum absolute atomic E-state index is 13.0. The Morgan fingerprint density at radius 1 is 1.08 bits per heavy atom. The van der Waals surface area contributed by atoms with Gasteiger partial charge in [0.25, 0.3) is 5.91 Å². The third kappa shape index (κ3) is 5.35. The van der Waals surface area contributed by atoms with Gasteiger partial charge in [-0.3, -0.25) is 4.79 Å². The molecule has 0 heterocycles. The van der Waals surface area contributed by atoms with Crippen molar-refractivity contribution in [1.82, 2.24) is 0 Å². The van der Waals surface area contributed by atoms with Crippen LogP contribution in [0.2, 0.25) is 0 Å². The van der Waals surface area contributed by atoms with E-state index >= 15 is 0 Å². The number of carbonyl (C=O) groups is 2. The number of hydrogen-bond acceptors (Lipinski definition) is 5. The van der Waals surface area contributed by atoms with Crippen molar-refractivity contribution in [3.05, 3.63) is 59.7 Å². The predicted octanol–water partition coefficient (Wildman–Crippen LogP) is 2.16. The fourth-order valence-electron chi connectivity index (χ4n) is 1.89. The first-order chi connectivity index (χ1) is 11.6. The van der Waals surface area contributed by atoms with Crippen molar-refractivity contribution in [3.8, 4) is 0 Å². The summed E-state index contributed by atoms with van der Waals surface area (Å²) in [5.74, 6) is -3.71. The number of benzene rings is 2. The van der Waals surface area contributed by atoms with Crippen molar-refractivity contribution in [3.63, 3.8) is 0 Å². The molecule has 25 heavy (non-hydrogen) atoms. The van der Waals surface area contributed by atoms with E-state index in [0.29, 0.717) is 6.07 Å². The molecule has 0 aliphatic heterocycles. The van der Waals surface area contributed by atoms with E-state index in [1.54, 1.807) is 0 Å². The van der Waals surface area contributed by atoms with Crippen molar-refractivity contribution in [1.29, 1.82) is 0 Å². The zero-order valence-corrected chi connectivity index (χ0v) is 13.8. The molecule has 132 valence electrons. The van der Waals surface area contributed by atoms with Crippen molar-refractivity contribution in [2.45, 2.75) is 4.90 Å². The second-order valence-electron chi connectivity index (χ2n) is 5.08. The Morgan fingerprint density at radius 3 is 2.32 bits per heavy atom. The van der Waals surface area contributed by atoms with E-state index in [9.17, 15) is 26.8 Å². The fourth-order valence-corrected chi connectivity index (χ4v) is 2.55. The minimum absolute atomic E-state index is 0.0116. The van der Waals surface area contributed by atoms with Crippen LogP contribution >= 0.6 is 0 Å². The van der Waals surface area contributed by atoms with Gasteiger partial charge in [0.1, 0.15) is 11.6 Å². The molecule has 1 N–H and O–H groups in total. The molecule has 0 saturated carbocycles. The summed E-state index contributed by atoms with van der Waals surface area (Å²) in [5.41, 5.74) is -0.176. The standard InChI is InChI=1S/C16H13F2NO5S/c1-25(22,23)14-4-2-3-13(8-14)19-15(20)9-24-16(21)10-5-11(17)7-12(18)6-10/h2-8H,9H2,1H3,(H,19,20).